The summed E-state index contributed by atoms with van der Waals surface area (Å²) in [5, 5.41) is 13.7. The fraction of sp³-hybridized carbons (Fsp3) is 0.200. The second-order valence-corrected chi connectivity index (χ2v) is 15.4. The minimum atomic E-state index is -0.125. The van der Waals surface area contributed by atoms with Gasteiger partial charge in [-0.1, -0.05) is 18.2 Å². The van der Waals surface area contributed by atoms with Crippen molar-refractivity contribution in [1.29, 1.82) is 0 Å². The fourth-order valence-electron chi connectivity index (χ4n) is 8.19. The van der Waals surface area contributed by atoms with Crippen LogP contribution in [0, 0.1) is 5.21 Å². The Hall–Kier alpha value is -8.20. The lowest BCUT2D eigenvalue weighted by molar-refractivity contribution is -0.577. The Morgan fingerprint density at radius 3 is 1.71 bits per heavy atom. The van der Waals surface area contributed by atoms with Gasteiger partial charge in [-0.15, -0.1) is 0 Å². The van der Waals surface area contributed by atoms with Crippen LogP contribution in [-0.4, -0.2) is 77.1 Å². The van der Waals surface area contributed by atoms with Gasteiger partial charge in [-0.25, -0.2) is 19.9 Å². The molecule has 15 heteroatoms. The van der Waals surface area contributed by atoms with Crippen LogP contribution in [0.25, 0.3) is 21.8 Å². The van der Waals surface area contributed by atoms with E-state index < -0.39 is 0 Å². The molecule has 10 rings (SSSR count). The van der Waals surface area contributed by atoms with E-state index in [0.717, 1.165) is 55.1 Å². The molecule has 2 aromatic carbocycles. The maximum Gasteiger partial charge on any atom is 0.261 e. The van der Waals surface area contributed by atoms with Crippen LogP contribution in [0.4, 0.5) is 34.6 Å². The summed E-state index contributed by atoms with van der Waals surface area (Å²) >= 11 is 0. The van der Waals surface area contributed by atoms with Gasteiger partial charge in [0.15, 0.2) is 17.8 Å². The Morgan fingerprint density at radius 2 is 1.12 bits per heavy atom. The van der Waals surface area contributed by atoms with E-state index in [1.165, 1.54) is 6.20 Å². The van der Waals surface area contributed by atoms with E-state index in [0.29, 0.717) is 79.0 Å². The van der Waals surface area contributed by atoms with Crippen LogP contribution in [0.5, 0.6) is 11.5 Å². The Balaban J connectivity index is 0.000000164. The molecule has 8 aromatic rings. The lowest BCUT2D eigenvalue weighted by Gasteiger charge is -2.22. The number of benzene rings is 2. The number of aromatic nitrogens is 6. The summed E-state index contributed by atoms with van der Waals surface area (Å²) in [6.45, 7) is 6.18. The molecule has 0 saturated carbocycles. The van der Waals surface area contributed by atoms with Crippen LogP contribution >= 0.6 is 0 Å². The molecule has 8 heterocycles. The largest absolute Gasteiger partial charge is 0.618 e. The number of para-hydroxylation sites is 1. The maximum absolute atomic E-state index is 13.3. The normalized spacial score (nSPS) is 13.0. The molecule has 2 aliphatic rings. The van der Waals surface area contributed by atoms with E-state index in [-0.39, 0.29) is 11.8 Å². The molecule has 0 spiro atoms. The number of amides is 2. The van der Waals surface area contributed by atoms with Gasteiger partial charge in [-0.2, -0.15) is 4.73 Å². The highest BCUT2D eigenvalue weighted by Gasteiger charge is 2.32. The zero-order valence-corrected chi connectivity index (χ0v) is 36.5. The van der Waals surface area contributed by atoms with Crippen molar-refractivity contribution in [1.82, 2.24) is 24.9 Å². The second-order valence-electron chi connectivity index (χ2n) is 15.4. The van der Waals surface area contributed by atoms with Crippen LogP contribution in [0.2, 0.25) is 0 Å². The number of ether oxygens (including phenoxy) is 2. The molecule has 0 radical (unpaired) electrons. The highest BCUT2D eigenvalue weighted by molar-refractivity contribution is 6.13. The molecule has 2 amide bonds. The summed E-state index contributed by atoms with van der Waals surface area (Å²) in [6.07, 6.45) is 11.5. The Bertz CT molecular complexity index is 3070. The molecule has 0 unspecified atom stereocenters. The zero-order chi connectivity index (χ0) is 45.0. The van der Waals surface area contributed by atoms with E-state index in [1.807, 2.05) is 109 Å². The van der Waals surface area contributed by atoms with Crippen LogP contribution in [0.3, 0.4) is 0 Å². The number of hydrogen-bond donors (Lipinski definition) is 0. The van der Waals surface area contributed by atoms with Crippen molar-refractivity contribution < 1.29 is 23.8 Å². The number of hydrogen-bond acceptors (Lipinski definition) is 12. The van der Waals surface area contributed by atoms with Gasteiger partial charge in [0.1, 0.15) is 23.1 Å². The average molecular weight is 867 g/mol. The molecule has 0 bridgehead atoms. The van der Waals surface area contributed by atoms with Crippen LogP contribution in [0.1, 0.15) is 45.7 Å². The van der Waals surface area contributed by atoms with E-state index in [9.17, 15) is 14.8 Å². The number of fused-ring (bicyclic) bond motifs is 6. The highest BCUT2D eigenvalue weighted by Crippen LogP contribution is 2.39. The topological polar surface area (TPSA) is 157 Å². The van der Waals surface area contributed by atoms with Gasteiger partial charge in [0.25, 0.3) is 11.8 Å². The first-order valence-corrected chi connectivity index (χ1v) is 21.4. The van der Waals surface area contributed by atoms with E-state index in [4.69, 9.17) is 9.47 Å². The van der Waals surface area contributed by atoms with Crippen molar-refractivity contribution in [2.24, 2.45) is 0 Å². The minimum Gasteiger partial charge on any atom is -0.618 e. The number of rotatable bonds is 10. The summed E-state index contributed by atoms with van der Waals surface area (Å²) in [5.41, 5.74) is 5.92. The molecule has 0 fully saturated rings. The molecule has 0 N–H and O–H groups in total. The van der Waals surface area contributed by atoms with E-state index in [2.05, 4.69) is 24.9 Å². The van der Waals surface area contributed by atoms with Crippen LogP contribution < -0.4 is 33.8 Å². The standard InChI is InChI=1S/C25H23N5O3.C25H23N5O2/c1-3-29-23-19(25(31)28(2)21-9-5-12-26-24(21)29)15-17(16-27-23)11-14-33-22-10-4-8-20-18(22)7-6-13-30(20)32;1-3-30-23-19(25(31)29(2)21-9-6-12-27-24(21)30)15-17(16-28-23)11-14-32-22-10-13-26-20-8-5-4-7-18(20)22/h4-10,12-13,15-16H,3,11,14H2,1-2H3;4-10,12-13,15-16H,3,11,14H2,1-2H3. The molecule has 65 heavy (non-hydrogen) atoms. The smallest absolute Gasteiger partial charge is 0.261 e. The molecule has 0 saturated heterocycles. The van der Waals surface area contributed by atoms with Crippen molar-refractivity contribution in [3.05, 3.63) is 162 Å². The summed E-state index contributed by atoms with van der Waals surface area (Å²) in [7, 11) is 3.53. The van der Waals surface area contributed by atoms with Crippen molar-refractivity contribution >= 4 is 68.3 Å². The third-order valence-corrected chi connectivity index (χ3v) is 11.5. The Kier molecular flexibility index (Phi) is 11.8. The summed E-state index contributed by atoms with van der Waals surface area (Å²) < 4.78 is 12.9. The van der Waals surface area contributed by atoms with Gasteiger partial charge in [0, 0.05) is 88.5 Å². The first-order chi connectivity index (χ1) is 31.7. The monoisotopic (exact) mass is 866 g/mol. The molecule has 2 aliphatic heterocycles. The predicted octanol–water partition coefficient (Wildman–Crippen LogP) is 8.03. The summed E-state index contributed by atoms with van der Waals surface area (Å²) in [5.74, 6) is 3.91. The first-order valence-electron chi connectivity index (χ1n) is 21.4. The molecule has 0 atom stereocenters. The summed E-state index contributed by atoms with van der Waals surface area (Å²) in [4.78, 5) is 56.4. The third kappa shape index (κ3) is 8.15. The molecular formula is C50H46N10O5. The number of carbonyl (C=O) groups is 2. The van der Waals surface area contributed by atoms with Gasteiger partial charge in [-0.3, -0.25) is 14.6 Å². The third-order valence-electron chi connectivity index (χ3n) is 11.5. The molecular weight excluding hydrogens is 821 g/mol. The average Bonchev–Trinajstić information content (AvgIpc) is 3.49. The number of nitrogens with zero attached hydrogens (tertiary/aromatic N) is 10. The van der Waals surface area contributed by atoms with Gasteiger partial charge in [-0.05, 0) is 91.7 Å². The number of anilines is 6. The zero-order valence-electron chi connectivity index (χ0n) is 36.5. The SMILES string of the molecule is CCN1c2ncc(CCOc3cccc4c3ccc[n+]4[O-])cc2C(=O)N(C)c2cccnc21.CCN1c2ncc(CCOc3ccnc4ccccc34)cc2C(=O)N(C)c2cccnc21. The van der Waals surface area contributed by atoms with Crippen LogP contribution in [0.15, 0.2) is 134 Å². The Morgan fingerprint density at radius 1 is 0.569 bits per heavy atom. The molecule has 15 nitrogen and oxygen atoms in total. The predicted molar refractivity (Wildman–Crippen MR) is 251 cm³/mol. The van der Waals surface area contributed by atoms with Crippen molar-refractivity contribution in [2.45, 2.75) is 26.7 Å². The Labute approximate surface area is 375 Å². The lowest BCUT2D eigenvalue weighted by atomic mass is 10.1. The van der Waals surface area contributed by atoms with Crippen molar-refractivity contribution in [3.63, 3.8) is 0 Å². The fourth-order valence-corrected chi connectivity index (χ4v) is 8.19. The molecule has 6 aromatic heterocycles. The van der Waals surface area contributed by atoms with Gasteiger partial charge >= 0.3 is 0 Å². The van der Waals surface area contributed by atoms with Gasteiger partial charge in [0.2, 0.25) is 5.52 Å². The van der Waals surface area contributed by atoms with Crippen LogP contribution in [-0.2, 0) is 12.8 Å². The maximum atomic E-state index is 13.3. The first kappa shape index (κ1) is 42.1. The molecule has 0 aliphatic carbocycles. The number of pyridine rings is 6. The van der Waals surface area contributed by atoms with Gasteiger partial charge < -0.3 is 34.3 Å². The minimum absolute atomic E-state index is 0.0967. The van der Waals surface area contributed by atoms with E-state index >= 15 is 0 Å². The lowest BCUT2D eigenvalue weighted by Crippen LogP contribution is -2.25. The summed E-state index contributed by atoms with van der Waals surface area (Å²) in [6, 6.07) is 30.0. The number of carbonyl (C=O) groups excluding carboxylic acids is 2. The van der Waals surface area contributed by atoms with Crippen molar-refractivity contribution in [2.75, 3.05) is 60.0 Å². The van der Waals surface area contributed by atoms with Crippen molar-refractivity contribution in [3.8, 4) is 11.5 Å². The van der Waals surface area contributed by atoms with E-state index in [1.54, 1.807) is 66.9 Å². The highest BCUT2D eigenvalue weighted by atomic mass is 16.5. The van der Waals surface area contributed by atoms with Gasteiger partial charge in [0.05, 0.1) is 46.6 Å². The second kappa shape index (κ2) is 18.3. The molecule has 326 valence electrons. The quantitative estimate of drug-likeness (QED) is 0.0965.